The van der Waals surface area contributed by atoms with Gasteiger partial charge in [0.05, 0.1) is 19.3 Å². The molecule has 0 saturated carbocycles. The Hall–Kier alpha value is -1.73. The molecule has 2 atom stereocenters. The molecule has 0 bridgehead atoms. The molecule has 2 aromatic heterocycles. The number of guanidine groups is 1. The third-order valence-corrected chi connectivity index (χ3v) is 6.42. The fourth-order valence-corrected chi connectivity index (χ4v) is 4.40. The second-order valence-corrected chi connectivity index (χ2v) is 8.42. The molecule has 2 aromatic rings. The van der Waals surface area contributed by atoms with E-state index in [9.17, 15) is 0 Å². The molecule has 2 fully saturated rings. The molecule has 0 aliphatic carbocycles. The van der Waals surface area contributed by atoms with Crippen molar-refractivity contribution in [1.82, 2.24) is 39.7 Å². The number of halogens is 1. The number of likely N-dealkylation sites (tertiary alicyclic amines) is 1. The molecule has 178 valence electrons. The zero-order valence-corrected chi connectivity index (χ0v) is 21.9. The van der Waals surface area contributed by atoms with Crippen molar-refractivity contribution in [3.8, 4) is 0 Å². The monoisotopic (exact) mass is 557 g/mol. The van der Waals surface area contributed by atoms with Crippen molar-refractivity contribution in [2.24, 2.45) is 19.1 Å². The van der Waals surface area contributed by atoms with Crippen LogP contribution in [-0.2, 0) is 25.4 Å². The Labute approximate surface area is 207 Å². The molecule has 11 heteroatoms. The van der Waals surface area contributed by atoms with Gasteiger partial charge in [0, 0.05) is 45.0 Å². The zero-order chi connectivity index (χ0) is 21.8. The highest BCUT2D eigenvalue weighted by Gasteiger charge is 2.27. The van der Waals surface area contributed by atoms with Crippen molar-refractivity contribution < 1.29 is 4.74 Å². The number of aliphatic imine (C=N–C) groups is 1. The molecule has 2 aliphatic rings. The Morgan fingerprint density at radius 3 is 2.81 bits per heavy atom. The Bertz CT molecular complexity index is 896. The van der Waals surface area contributed by atoms with E-state index in [1.54, 1.807) is 0 Å². The normalized spacial score (nSPS) is 22.2. The average Bonchev–Trinajstić information content (AvgIpc) is 3.50. The minimum Gasteiger partial charge on any atom is -0.370 e. The Morgan fingerprint density at radius 2 is 2.12 bits per heavy atom. The lowest BCUT2D eigenvalue weighted by atomic mass is 10.1. The van der Waals surface area contributed by atoms with E-state index in [2.05, 4.69) is 37.3 Å². The van der Waals surface area contributed by atoms with Crippen LogP contribution in [0.25, 0.3) is 0 Å². The molecule has 0 amide bonds. The van der Waals surface area contributed by atoms with Crippen molar-refractivity contribution in [1.29, 1.82) is 0 Å². The lowest BCUT2D eigenvalue weighted by Crippen LogP contribution is -2.51. The van der Waals surface area contributed by atoms with E-state index in [0.717, 1.165) is 49.4 Å². The van der Waals surface area contributed by atoms with E-state index < -0.39 is 0 Å². The molecule has 2 saturated heterocycles. The van der Waals surface area contributed by atoms with Gasteiger partial charge >= 0.3 is 0 Å². The summed E-state index contributed by atoms with van der Waals surface area (Å²) in [5.41, 5.74) is 1.10. The van der Waals surface area contributed by atoms with Crippen LogP contribution in [0.3, 0.4) is 0 Å². The van der Waals surface area contributed by atoms with Crippen LogP contribution in [0.5, 0.6) is 0 Å². The van der Waals surface area contributed by atoms with Gasteiger partial charge in [-0.3, -0.25) is 9.58 Å². The number of hydrogen-bond donors (Lipinski definition) is 1. The predicted molar refractivity (Wildman–Crippen MR) is 134 cm³/mol. The molecular weight excluding hydrogens is 521 g/mol. The first-order chi connectivity index (χ1) is 15.0. The van der Waals surface area contributed by atoms with E-state index in [1.807, 2.05) is 42.7 Å². The lowest BCUT2D eigenvalue weighted by molar-refractivity contribution is -0.00817. The molecule has 0 aromatic carbocycles. The SMILES string of the molecule is CCN1CCCC1CNC(=NCc1nnc(C)n1C)N1CCOC(c2cnn(C)c2)C1.I. The van der Waals surface area contributed by atoms with Crippen LogP contribution in [0.15, 0.2) is 17.4 Å². The average molecular weight is 557 g/mol. The van der Waals surface area contributed by atoms with Crippen LogP contribution in [0, 0.1) is 6.92 Å². The fourth-order valence-electron chi connectivity index (χ4n) is 4.40. The van der Waals surface area contributed by atoms with E-state index in [1.165, 1.54) is 19.4 Å². The van der Waals surface area contributed by atoms with Crippen LogP contribution < -0.4 is 5.32 Å². The van der Waals surface area contributed by atoms with E-state index in [4.69, 9.17) is 9.73 Å². The maximum atomic E-state index is 6.04. The highest BCUT2D eigenvalue weighted by atomic mass is 127. The largest absolute Gasteiger partial charge is 0.370 e. The van der Waals surface area contributed by atoms with E-state index >= 15 is 0 Å². The van der Waals surface area contributed by atoms with Crippen LogP contribution >= 0.6 is 24.0 Å². The van der Waals surface area contributed by atoms with Crippen molar-refractivity contribution in [2.45, 2.75) is 45.4 Å². The topological polar surface area (TPSA) is 88.6 Å². The third-order valence-electron chi connectivity index (χ3n) is 6.42. The molecule has 2 unspecified atom stereocenters. The molecule has 10 nitrogen and oxygen atoms in total. The summed E-state index contributed by atoms with van der Waals surface area (Å²) in [6.45, 7) is 10.1. The van der Waals surface area contributed by atoms with Crippen molar-refractivity contribution in [3.63, 3.8) is 0 Å². The van der Waals surface area contributed by atoms with Gasteiger partial charge in [-0.15, -0.1) is 34.2 Å². The standard InChI is InChI=1S/C21H35N9O.HI/c1-5-29-8-6-7-18(29)12-22-21(23-13-20-26-25-16(2)28(20)4)30-9-10-31-19(15-30)17-11-24-27(3)14-17;/h11,14,18-19H,5-10,12-13,15H2,1-4H3,(H,22,23);1H. The highest BCUT2D eigenvalue weighted by molar-refractivity contribution is 14.0. The Balaban J connectivity index is 0.00000289. The first-order valence-electron chi connectivity index (χ1n) is 11.3. The number of aromatic nitrogens is 5. The molecule has 32 heavy (non-hydrogen) atoms. The second-order valence-electron chi connectivity index (χ2n) is 8.42. The number of hydrogen-bond acceptors (Lipinski definition) is 6. The summed E-state index contributed by atoms with van der Waals surface area (Å²) >= 11 is 0. The van der Waals surface area contributed by atoms with Crippen molar-refractivity contribution >= 4 is 29.9 Å². The second kappa shape index (κ2) is 11.4. The number of ether oxygens (including phenoxy) is 1. The predicted octanol–water partition coefficient (Wildman–Crippen LogP) is 1.48. The quantitative estimate of drug-likeness (QED) is 0.327. The summed E-state index contributed by atoms with van der Waals surface area (Å²) in [7, 11) is 3.92. The molecule has 0 radical (unpaired) electrons. The number of nitrogens with one attached hydrogen (secondary N) is 1. The third kappa shape index (κ3) is 5.79. The van der Waals surface area contributed by atoms with Crippen molar-refractivity contribution in [3.05, 3.63) is 29.6 Å². The molecule has 2 aliphatic heterocycles. The van der Waals surface area contributed by atoms with Gasteiger partial charge in [0.2, 0.25) is 0 Å². The molecule has 0 spiro atoms. The van der Waals surface area contributed by atoms with Crippen LogP contribution in [0.2, 0.25) is 0 Å². The summed E-state index contributed by atoms with van der Waals surface area (Å²) in [6.07, 6.45) is 6.41. The van der Waals surface area contributed by atoms with Gasteiger partial charge in [0.1, 0.15) is 18.5 Å². The number of morpholine rings is 1. The molecule has 1 N–H and O–H groups in total. The fraction of sp³-hybridized carbons (Fsp3) is 0.714. The van der Waals surface area contributed by atoms with Crippen LogP contribution in [0.4, 0.5) is 0 Å². The number of rotatable bonds is 6. The minimum absolute atomic E-state index is 0. The Kier molecular flexibility index (Phi) is 8.88. The van der Waals surface area contributed by atoms with Gasteiger partial charge < -0.3 is 19.5 Å². The van der Waals surface area contributed by atoms with Crippen LogP contribution in [0.1, 0.15) is 43.1 Å². The van der Waals surface area contributed by atoms with E-state index in [-0.39, 0.29) is 30.1 Å². The first-order valence-corrected chi connectivity index (χ1v) is 11.3. The van der Waals surface area contributed by atoms with Gasteiger partial charge in [0.25, 0.3) is 0 Å². The summed E-state index contributed by atoms with van der Waals surface area (Å²) in [4.78, 5) is 9.80. The highest BCUT2D eigenvalue weighted by Crippen LogP contribution is 2.22. The van der Waals surface area contributed by atoms with Gasteiger partial charge in [-0.05, 0) is 32.9 Å². The summed E-state index contributed by atoms with van der Waals surface area (Å²) in [6, 6.07) is 0.558. The minimum atomic E-state index is -0.00913. The smallest absolute Gasteiger partial charge is 0.194 e. The molecule has 4 heterocycles. The van der Waals surface area contributed by atoms with Gasteiger partial charge in [0.15, 0.2) is 11.8 Å². The molecule has 4 rings (SSSR count). The number of aryl methyl sites for hydroxylation is 2. The first kappa shape index (κ1) is 24.9. The van der Waals surface area contributed by atoms with Crippen LogP contribution in [-0.4, -0.2) is 85.7 Å². The number of nitrogens with zero attached hydrogens (tertiary/aromatic N) is 8. The summed E-state index contributed by atoms with van der Waals surface area (Å²) < 4.78 is 9.86. The van der Waals surface area contributed by atoms with Gasteiger partial charge in [-0.1, -0.05) is 6.92 Å². The van der Waals surface area contributed by atoms with Gasteiger partial charge in [-0.25, -0.2) is 4.99 Å². The van der Waals surface area contributed by atoms with Crippen molar-refractivity contribution in [2.75, 3.05) is 39.3 Å². The molecular formula is C21H36IN9O. The maximum Gasteiger partial charge on any atom is 0.194 e. The van der Waals surface area contributed by atoms with E-state index in [0.29, 0.717) is 19.2 Å². The lowest BCUT2D eigenvalue weighted by Gasteiger charge is -2.35. The zero-order valence-electron chi connectivity index (χ0n) is 19.6. The maximum absolute atomic E-state index is 6.04. The van der Waals surface area contributed by atoms with Gasteiger partial charge in [-0.2, -0.15) is 5.10 Å². The summed E-state index contributed by atoms with van der Waals surface area (Å²) in [5.74, 6) is 2.68. The summed E-state index contributed by atoms with van der Waals surface area (Å²) in [5, 5.41) is 16.4. The Morgan fingerprint density at radius 1 is 1.28 bits per heavy atom. The number of likely N-dealkylation sites (N-methyl/N-ethyl adjacent to an activating group) is 1.